The predicted octanol–water partition coefficient (Wildman–Crippen LogP) is 3.67. The molecule has 0 aliphatic heterocycles. The Morgan fingerprint density at radius 2 is 1.79 bits per heavy atom. The molecule has 4 nitrogen and oxygen atoms in total. The zero-order valence-electron chi connectivity index (χ0n) is 12.1. The highest BCUT2D eigenvalue weighted by Crippen LogP contribution is 2.35. The average molecular weight is 260 g/mol. The van der Waals surface area contributed by atoms with E-state index in [4.69, 9.17) is 14.9 Å². The molecule has 0 bridgehead atoms. The number of oxazole rings is 1. The summed E-state index contributed by atoms with van der Waals surface area (Å²) >= 11 is 0. The third-order valence-corrected chi connectivity index (χ3v) is 3.14. The number of aryl methyl sites for hydroxylation is 2. The Hall–Kier alpha value is -1.97. The van der Waals surface area contributed by atoms with Gasteiger partial charge in [-0.3, -0.25) is 0 Å². The van der Waals surface area contributed by atoms with Crippen LogP contribution in [0.25, 0.3) is 11.3 Å². The smallest absolute Gasteiger partial charge is 0.292 e. The molecule has 0 atom stereocenters. The van der Waals surface area contributed by atoms with Crippen LogP contribution < -0.4 is 10.5 Å². The lowest BCUT2D eigenvalue weighted by molar-refractivity contribution is 0.408. The van der Waals surface area contributed by atoms with Crippen LogP contribution >= 0.6 is 0 Å². The van der Waals surface area contributed by atoms with Crippen molar-refractivity contribution < 1.29 is 9.15 Å². The Labute approximate surface area is 113 Å². The second kappa shape index (κ2) is 4.96. The molecule has 0 aliphatic carbocycles. The number of aromatic nitrogens is 1. The van der Waals surface area contributed by atoms with Gasteiger partial charge in [-0.05, 0) is 43.0 Å². The summed E-state index contributed by atoms with van der Waals surface area (Å²) in [4.78, 5) is 4.27. The van der Waals surface area contributed by atoms with Crippen LogP contribution in [-0.2, 0) is 0 Å². The first-order chi connectivity index (χ1) is 8.93. The van der Waals surface area contributed by atoms with Crippen LogP contribution in [0, 0.1) is 13.8 Å². The predicted molar refractivity (Wildman–Crippen MR) is 76.5 cm³/mol. The topological polar surface area (TPSA) is 61.3 Å². The fraction of sp³-hybridized carbons (Fsp3) is 0.400. The van der Waals surface area contributed by atoms with Crippen LogP contribution in [0.4, 0.5) is 6.01 Å². The van der Waals surface area contributed by atoms with Gasteiger partial charge in [0, 0.05) is 5.56 Å². The Morgan fingerprint density at radius 3 is 2.26 bits per heavy atom. The molecule has 0 amide bonds. The molecule has 0 spiro atoms. The number of rotatable bonds is 3. The van der Waals surface area contributed by atoms with Crippen molar-refractivity contribution in [2.45, 2.75) is 33.6 Å². The number of methoxy groups -OCH3 is 1. The molecule has 0 unspecified atom stereocenters. The van der Waals surface area contributed by atoms with Crippen LogP contribution in [0.15, 0.2) is 16.5 Å². The molecule has 2 N–H and O–H groups in total. The van der Waals surface area contributed by atoms with Crippen molar-refractivity contribution in [3.63, 3.8) is 0 Å². The minimum atomic E-state index is 0.213. The van der Waals surface area contributed by atoms with Gasteiger partial charge in [0.15, 0.2) is 5.76 Å². The van der Waals surface area contributed by atoms with E-state index in [9.17, 15) is 0 Å². The Bertz CT molecular complexity index is 577. The lowest BCUT2D eigenvalue weighted by Crippen LogP contribution is -1.94. The van der Waals surface area contributed by atoms with E-state index < -0.39 is 0 Å². The van der Waals surface area contributed by atoms with Gasteiger partial charge in [0.2, 0.25) is 0 Å². The molecule has 2 rings (SSSR count). The molecule has 0 saturated heterocycles. The van der Waals surface area contributed by atoms with E-state index >= 15 is 0 Å². The van der Waals surface area contributed by atoms with Crippen molar-refractivity contribution in [3.05, 3.63) is 29.0 Å². The molecule has 4 heteroatoms. The summed E-state index contributed by atoms with van der Waals surface area (Å²) < 4.78 is 10.9. The summed E-state index contributed by atoms with van der Waals surface area (Å²) in [6.07, 6.45) is 0. The summed E-state index contributed by atoms with van der Waals surface area (Å²) in [5.41, 5.74) is 9.71. The van der Waals surface area contributed by atoms with E-state index in [0.717, 1.165) is 33.9 Å². The van der Waals surface area contributed by atoms with E-state index in [1.54, 1.807) is 7.11 Å². The minimum absolute atomic E-state index is 0.213. The summed E-state index contributed by atoms with van der Waals surface area (Å²) in [5.74, 6) is 1.92. The van der Waals surface area contributed by atoms with E-state index in [2.05, 4.69) is 18.8 Å². The van der Waals surface area contributed by atoms with Crippen molar-refractivity contribution in [2.75, 3.05) is 12.8 Å². The molecular weight excluding hydrogens is 240 g/mol. The molecule has 0 radical (unpaired) electrons. The van der Waals surface area contributed by atoms with Crippen molar-refractivity contribution in [1.82, 2.24) is 4.98 Å². The van der Waals surface area contributed by atoms with Crippen LogP contribution in [0.2, 0.25) is 0 Å². The van der Waals surface area contributed by atoms with Crippen LogP contribution in [0.5, 0.6) is 5.75 Å². The highest BCUT2D eigenvalue weighted by Gasteiger charge is 2.18. The van der Waals surface area contributed by atoms with E-state index in [1.165, 1.54) is 0 Å². The van der Waals surface area contributed by atoms with Gasteiger partial charge < -0.3 is 14.9 Å². The zero-order chi connectivity index (χ0) is 14.2. The van der Waals surface area contributed by atoms with Gasteiger partial charge in [-0.15, -0.1) is 0 Å². The molecule has 2 aromatic rings. The van der Waals surface area contributed by atoms with Crippen molar-refractivity contribution in [3.8, 4) is 17.1 Å². The molecule has 0 fully saturated rings. The number of nitrogens with two attached hydrogens (primary N) is 1. The van der Waals surface area contributed by atoms with Gasteiger partial charge in [0.05, 0.1) is 12.8 Å². The maximum absolute atomic E-state index is 5.68. The number of anilines is 1. The normalized spacial score (nSPS) is 11.1. The van der Waals surface area contributed by atoms with Gasteiger partial charge in [0.1, 0.15) is 5.75 Å². The quantitative estimate of drug-likeness (QED) is 0.914. The van der Waals surface area contributed by atoms with Gasteiger partial charge in [-0.2, -0.15) is 4.98 Å². The highest BCUT2D eigenvalue weighted by molar-refractivity contribution is 5.66. The second-order valence-corrected chi connectivity index (χ2v) is 5.06. The summed E-state index contributed by atoms with van der Waals surface area (Å²) in [6.45, 7) is 8.18. The summed E-state index contributed by atoms with van der Waals surface area (Å²) in [6, 6.07) is 4.29. The molecule has 0 saturated carbocycles. The maximum Gasteiger partial charge on any atom is 0.292 e. The van der Waals surface area contributed by atoms with Gasteiger partial charge >= 0.3 is 0 Å². The zero-order valence-corrected chi connectivity index (χ0v) is 12.1. The first-order valence-corrected chi connectivity index (χ1v) is 6.35. The first kappa shape index (κ1) is 13.5. The van der Waals surface area contributed by atoms with Crippen molar-refractivity contribution >= 4 is 6.01 Å². The largest absolute Gasteiger partial charge is 0.496 e. The Morgan fingerprint density at radius 1 is 1.21 bits per heavy atom. The van der Waals surface area contributed by atoms with Gasteiger partial charge in [-0.1, -0.05) is 13.8 Å². The third kappa shape index (κ3) is 2.43. The SMILES string of the molecule is COc1c(C)cc(-c2oc(N)nc2C(C)C)cc1C. The Balaban J connectivity index is 2.60. The average Bonchev–Trinajstić information content (AvgIpc) is 2.71. The fourth-order valence-electron chi connectivity index (χ4n) is 2.35. The lowest BCUT2D eigenvalue weighted by atomic mass is 10.00. The molecule has 102 valence electrons. The molecule has 1 aromatic heterocycles. The number of ether oxygens (including phenoxy) is 1. The van der Waals surface area contributed by atoms with E-state index in [0.29, 0.717) is 0 Å². The van der Waals surface area contributed by atoms with Crippen LogP contribution in [0.1, 0.15) is 36.6 Å². The molecule has 1 heterocycles. The minimum Gasteiger partial charge on any atom is -0.496 e. The van der Waals surface area contributed by atoms with E-state index in [-0.39, 0.29) is 11.9 Å². The molecular formula is C15H20N2O2. The molecule has 19 heavy (non-hydrogen) atoms. The monoisotopic (exact) mass is 260 g/mol. The lowest BCUT2D eigenvalue weighted by Gasteiger charge is -2.11. The van der Waals surface area contributed by atoms with E-state index in [1.807, 2.05) is 26.0 Å². The highest BCUT2D eigenvalue weighted by atomic mass is 16.5. The number of hydrogen-bond acceptors (Lipinski definition) is 4. The third-order valence-electron chi connectivity index (χ3n) is 3.14. The van der Waals surface area contributed by atoms with Crippen LogP contribution in [-0.4, -0.2) is 12.1 Å². The number of nitrogens with zero attached hydrogens (tertiary/aromatic N) is 1. The van der Waals surface area contributed by atoms with Crippen molar-refractivity contribution in [2.24, 2.45) is 0 Å². The maximum atomic E-state index is 5.68. The Kier molecular flexibility index (Phi) is 3.51. The number of benzene rings is 1. The van der Waals surface area contributed by atoms with Gasteiger partial charge in [0.25, 0.3) is 6.01 Å². The van der Waals surface area contributed by atoms with Gasteiger partial charge in [-0.25, -0.2) is 0 Å². The fourth-order valence-corrected chi connectivity index (χ4v) is 2.35. The molecule has 0 aliphatic rings. The number of hydrogen-bond donors (Lipinski definition) is 1. The summed E-state index contributed by atoms with van der Waals surface area (Å²) in [5, 5.41) is 0. The first-order valence-electron chi connectivity index (χ1n) is 6.35. The van der Waals surface area contributed by atoms with Crippen LogP contribution in [0.3, 0.4) is 0 Å². The number of nitrogen functional groups attached to an aromatic ring is 1. The second-order valence-electron chi connectivity index (χ2n) is 5.06. The van der Waals surface area contributed by atoms with Crippen molar-refractivity contribution in [1.29, 1.82) is 0 Å². The standard InChI is InChI=1S/C15H20N2O2/c1-8(2)12-14(19-15(16)17-12)11-6-9(3)13(18-5)10(4)7-11/h6-8H,1-5H3,(H2,16,17). The molecule has 1 aromatic carbocycles. The summed E-state index contributed by atoms with van der Waals surface area (Å²) in [7, 11) is 1.68.